The molecule has 3 aromatic rings. The number of nitrogens with zero attached hydrogens (tertiary/aromatic N) is 3. The van der Waals surface area contributed by atoms with Crippen LogP contribution >= 0.6 is 0 Å². The van der Waals surface area contributed by atoms with Crippen molar-refractivity contribution in [2.24, 2.45) is 5.92 Å². The first-order chi connectivity index (χ1) is 22.2. The lowest BCUT2D eigenvalue weighted by Crippen LogP contribution is -2.31. The predicted molar refractivity (Wildman–Crippen MR) is 179 cm³/mol. The van der Waals surface area contributed by atoms with E-state index in [1.54, 1.807) is 0 Å². The van der Waals surface area contributed by atoms with E-state index in [2.05, 4.69) is 24.2 Å². The monoisotopic (exact) mass is 655 g/mol. The highest BCUT2D eigenvalue weighted by Crippen LogP contribution is 2.18. The van der Waals surface area contributed by atoms with Crippen LogP contribution in [0.15, 0.2) is 52.2 Å². The number of hydrogen-bond acceptors (Lipinski definition) is 9. The van der Waals surface area contributed by atoms with Crippen LogP contribution in [0.2, 0.25) is 0 Å². The molecular weight excluding hydrogens is 606 g/mol. The zero-order valence-electron chi connectivity index (χ0n) is 27.5. The van der Waals surface area contributed by atoms with Gasteiger partial charge in [0.05, 0.1) is 34.6 Å². The van der Waals surface area contributed by atoms with Crippen LogP contribution in [-0.2, 0) is 19.5 Å². The summed E-state index contributed by atoms with van der Waals surface area (Å²) in [5.41, 5.74) is -0.490. The SMILES string of the molecule is CCCCCCCCCCCCOC(=O)c1ccc(S(=O)(=O)n2nnc3ccc(C(=O)OCC(CC)CCCC)cc3c2=O)cc1. The minimum atomic E-state index is -4.45. The van der Waals surface area contributed by atoms with Crippen molar-refractivity contribution < 1.29 is 27.5 Å². The van der Waals surface area contributed by atoms with Crippen molar-refractivity contribution in [3.63, 3.8) is 0 Å². The fraction of sp³-hybridized carbons (Fsp3) is 0.571. The molecule has 0 aliphatic heterocycles. The van der Waals surface area contributed by atoms with Gasteiger partial charge in [0.1, 0.15) is 5.52 Å². The Labute approximate surface area is 272 Å². The molecule has 0 fully saturated rings. The molecule has 0 amide bonds. The molecule has 0 saturated heterocycles. The number of benzene rings is 2. The Hall–Kier alpha value is -3.60. The summed E-state index contributed by atoms with van der Waals surface area (Å²) in [6.07, 6.45) is 15.7. The number of esters is 2. The number of fused-ring (bicyclic) bond motifs is 1. The molecule has 0 aliphatic carbocycles. The van der Waals surface area contributed by atoms with E-state index >= 15 is 0 Å². The van der Waals surface area contributed by atoms with Crippen LogP contribution in [0, 0.1) is 5.92 Å². The molecule has 11 heteroatoms. The Kier molecular flexibility index (Phi) is 15.3. The molecule has 0 spiro atoms. The standard InChI is InChI=1S/C35H49N3O7S/c1-4-7-9-10-11-12-13-14-15-16-24-44-34(40)28-18-21-30(22-19-28)46(42,43)38-33(39)31-25-29(20-23-32(31)36-37-38)35(41)45-26-27(6-3)17-8-5-2/h18-23,25,27H,4-17,24,26H2,1-3H3. The zero-order valence-corrected chi connectivity index (χ0v) is 28.4. The van der Waals surface area contributed by atoms with Gasteiger partial charge in [0.15, 0.2) is 0 Å². The van der Waals surface area contributed by atoms with Crippen molar-refractivity contribution in [2.75, 3.05) is 13.2 Å². The zero-order chi connectivity index (χ0) is 33.4. The molecule has 1 atom stereocenters. The van der Waals surface area contributed by atoms with Crippen LogP contribution in [0.25, 0.3) is 10.9 Å². The van der Waals surface area contributed by atoms with Crippen molar-refractivity contribution in [3.8, 4) is 0 Å². The Morgan fingerprint density at radius 2 is 1.35 bits per heavy atom. The fourth-order valence-corrected chi connectivity index (χ4v) is 6.32. The molecule has 0 N–H and O–H groups in total. The summed E-state index contributed by atoms with van der Waals surface area (Å²) in [5, 5.41) is 7.44. The van der Waals surface area contributed by atoms with Crippen LogP contribution in [-0.4, -0.2) is 48.0 Å². The Balaban J connectivity index is 1.59. The van der Waals surface area contributed by atoms with E-state index in [0.29, 0.717) is 10.7 Å². The highest BCUT2D eigenvalue weighted by atomic mass is 32.2. The number of hydrogen-bond donors (Lipinski definition) is 0. The van der Waals surface area contributed by atoms with Gasteiger partial charge in [-0.05, 0) is 66.4 Å². The highest BCUT2D eigenvalue weighted by molar-refractivity contribution is 7.89. The number of rotatable bonds is 21. The van der Waals surface area contributed by atoms with Gasteiger partial charge in [0.2, 0.25) is 0 Å². The molecule has 1 heterocycles. The third-order valence-electron chi connectivity index (χ3n) is 8.21. The first-order valence-electron chi connectivity index (χ1n) is 16.8. The van der Waals surface area contributed by atoms with E-state index in [1.165, 1.54) is 87.4 Å². The van der Waals surface area contributed by atoms with E-state index in [4.69, 9.17) is 9.47 Å². The second-order valence-electron chi connectivity index (χ2n) is 11.8. The number of carbonyl (C=O) groups excluding carboxylic acids is 2. The maximum atomic E-state index is 13.3. The molecule has 0 bridgehead atoms. The van der Waals surface area contributed by atoms with E-state index < -0.39 is 27.5 Å². The summed E-state index contributed by atoms with van der Waals surface area (Å²) in [4.78, 5) is 38.2. The minimum Gasteiger partial charge on any atom is -0.462 e. The van der Waals surface area contributed by atoms with Crippen LogP contribution in [0.3, 0.4) is 0 Å². The first-order valence-corrected chi connectivity index (χ1v) is 18.3. The average Bonchev–Trinajstić information content (AvgIpc) is 3.07. The van der Waals surface area contributed by atoms with Gasteiger partial charge in [-0.2, -0.15) is 8.42 Å². The normalized spacial score (nSPS) is 12.2. The number of carbonyl (C=O) groups is 2. The van der Waals surface area contributed by atoms with Gasteiger partial charge in [-0.3, -0.25) is 4.79 Å². The summed E-state index contributed by atoms with van der Waals surface area (Å²) in [6.45, 7) is 6.93. The quantitative estimate of drug-likeness (QED) is 0.0845. The van der Waals surface area contributed by atoms with Gasteiger partial charge in [-0.15, -0.1) is 5.10 Å². The summed E-state index contributed by atoms with van der Waals surface area (Å²) in [7, 11) is -4.45. The topological polar surface area (TPSA) is 135 Å². The van der Waals surface area contributed by atoms with Crippen LogP contribution in [0.4, 0.5) is 0 Å². The summed E-state index contributed by atoms with van der Waals surface area (Å²) in [5.74, 6) is -0.897. The third kappa shape index (κ3) is 10.7. The van der Waals surface area contributed by atoms with Gasteiger partial charge in [-0.25, -0.2) is 9.59 Å². The molecule has 0 aliphatic rings. The highest BCUT2D eigenvalue weighted by Gasteiger charge is 2.23. The second kappa shape index (κ2) is 19.2. The molecule has 3 rings (SSSR count). The average molecular weight is 656 g/mol. The third-order valence-corrected chi connectivity index (χ3v) is 9.77. The molecule has 10 nitrogen and oxygen atoms in total. The van der Waals surface area contributed by atoms with E-state index in [0.717, 1.165) is 44.9 Å². The second-order valence-corrected chi connectivity index (χ2v) is 13.6. The lowest BCUT2D eigenvalue weighted by Gasteiger charge is -2.14. The van der Waals surface area contributed by atoms with E-state index in [-0.39, 0.29) is 39.5 Å². The lowest BCUT2D eigenvalue weighted by atomic mass is 10.0. The van der Waals surface area contributed by atoms with Gasteiger partial charge in [-0.1, -0.05) is 102 Å². The molecular formula is C35H49N3O7S. The van der Waals surface area contributed by atoms with Crippen molar-refractivity contribution >= 4 is 32.9 Å². The Bertz CT molecular complexity index is 1570. The minimum absolute atomic E-state index is 0.0850. The van der Waals surface area contributed by atoms with Crippen molar-refractivity contribution in [2.45, 2.75) is 116 Å². The Morgan fingerprint density at radius 1 is 0.761 bits per heavy atom. The maximum Gasteiger partial charge on any atom is 0.338 e. The van der Waals surface area contributed by atoms with Gasteiger partial charge in [0.25, 0.3) is 15.6 Å². The first kappa shape index (κ1) is 36.9. The van der Waals surface area contributed by atoms with E-state index in [9.17, 15) is 22.8 Å². The largest absolute Gasteiger partial charge is 0.462 e. The molecule has 0 saturated carbocycles. The maximum absolute atomic E-state index is 13.3. The van der Waals surface area contributed by atoms with Crippen LogP contribution in [0.5, 0.6) is 0 Å². The molecule has 2 aromatic carbocycles. The van der Waals surface area contributed by atoms with E-state index in [1.807, 2.05) is 6.92 Å². The van der Waals surface area contributed by atoms with Crippen molar-refractivity contribution in [1.82, 2.24) is 14.4 Å². The number of unbranched alkanes of at least 4 members (excludes halogenated alkanes) is 10. The fourth-order valence-electron chi connectivity index (χ4n) is 5.19. The number of ether oxygens (including phenoxy) is 2. The van der Waals surface area contributed by atoms with Crippen LogP contribution < -0.4 is 5.56 Å². The molecule has 46 heavy (non-hydrogen) atoms. The van der Waals surface area contributed by atoms with Gasteiger partial charge >= 0.3 is 11.9 Å². The molecule has 1 aromatic heterocycles. The van der Waals surface area contributed by atoms with Crippen LogP contribution in [0.1, 0.15) is 131 Å². The predicted octanol–water partition coefficient (Wildman–Crippen LogP) is 7.48. The van der Waals surface area contributed by atoms with Gasteiger partial charge < -0.3 is 9.47 Å². The van der Waals surface area contributed by atoms with Gasteiger partial charge in [0, 0.05) is 0 Å². The molecule has 0 radical (unpaired) electrons. The lowest BCUT2D eigenvalue weighted by molar-refractivity contribution is 0.0427. The smallest absolute Gasteiger partial charge is 0.338 e. The summed E-state index contributed by atoms with van der Waals surface area (Å²) in [6, 6.07) is 9.31. The van der Waals surface area contributed by atoms with Crippen molar-refractivity contribution in [1.29, 1.82) is 0 Å². The molecule has 252 valence electrons. The number of aromatic nitrogens is 3. The summed E-state index contributed by atoms with van der Waals surface area (Å²) < 4.78 is 37.8. The summed E-state index contributed by atoms with van der Waals surface area (Å²) >= 11 is 0. The molecule has 1 unspecified atom stereocenters. The van der Waals surface area contributed by atoms with Crippen molar-refractivity contribution in [3.05, 3.63) is 63.9 Å². The Morgan fingerprint density at radius 3 is 1.98 bits per heavy atom.